The average Bonchev–Trinajstić information content (AvgIpc) is 2.76. The van der Waals surface area contributed by atoms with Gasteiger partial charge in [0.25, 0.3) is 0 Å². The number of anilines is 3. The lowest BCUT2D eigenvalue weighted by Gasteiger charge is -2.31. The molecule has 1 aromatic carbocycles. The van der Waals surface area contributed by atoms with Crippen LogP contribution in [0.2, 0.25) is 0 Å². The van der Waals surface area contributed by atoms with E-state index in [1.807, 2.05) is 14.1 Å². The van der Waals surface area contributed by atoms with Gasteiger partial charge in [-0.05, 0) is 75.7 Å². The third-order valence-electron chi connectivity index (χ3n) is 6.16. The van der Waals surface area contributed by atoms with Crippen LogP contribution in [0.3, 0.4) is 0 Å². The van der Waals surface area contributed by atoms with Gasteiger partial charge < -0.3 is 20.9 Å². The van der Waals surface area contributed by atoms with Crippen molar-refractivity contribution in [2.24, 2.45) is 0 Å². The molecule has 32 heavy (non-hydrogen) atoms. The molecule has 0 bridgehead atoms. The van der Waals surface area contributed by atoms with Crippen molar-refractivity contribution in [3.63, 3.8) is 0 Å². The first-order chi connectivity index (χ1) is 15.4. The maximum atomic E-state index is 13.8. The van der Waals surface area contributed by atoms with Crippen molar-refractivity contribution in [3.05, 3.63) is 41.1 Å². The lowest BCUT2D eigenvalue weighted by atomic mass is 9.91. The Labute approximate surface area is 193 Å². The van der Waals surface area contributed by atoms with Gasteiger partial charge in [0.15, 0.2) is 5.11 Å². The summed E-state index contributed by atoms with van der Waals surface area (Å²) in [4.78, 5) is 11.7. The molecule has 1 aromatic heterocycles. The average molecular weight is 461 g/mol. The smallest absolute Gasteiger partial charge is 0.225 e. The van der Waals surface area contributed by atoms with Crippen molar-refractivity contribution in [3.8, 4) is 0 Å². The van der Waals surface area contributed by atoms with Gasteiger partial charge in [0.2, 0.25) is 5.95 Å². The van der Waals surface area contributed by atoms with Crippen LogP contribution < -0.4 is 20.9 Å². The largest absolute Gasteiger partial charge is 0.362 e. The second-order valence-electron chi connectivity index (χ2n) is 8.81. The Morgan fingerprint density at radius 3 is 2.47 bits per heavy atom. The number of thiocarbonyl (C=S) groups is 1. The molecule has 0 radical (unpaired) electrons. The molecular weight excluding hydrogens is 430 g/mol. The van der Waals surface area contributed by atoms with Crippen LogP contribution in [0.15, 0.2) is 18.2 Å². The second kappa shape index (κ2) is 9.94. The normalized spacial score (nSPS) is 20.2. The first-order valence-corrected chi connectivity index (χ1v) is 11.7. The van der Waals surface area contributed by atoms with E-state index >= 15 is 0 Å². The fourth-order valence-corrected chi connectivity index (χ4v) is 4.78. The third-order valence-corrected chi connectivity index (χ3v) is 6.38. The summed E-state index contributed by atoms with van der Waals surface area (Å²) in [5.74, 6) is 0.467. The van der Waals surface area contributed by atoms with Gasteiger partial charge in [-0.2, -0.15) is 4.98 Å². The number of hydrogen-bond acceptors (Lipinski definition) is 5. The van der Waals surface area contributed by atoms with Crippen LogP contribution in [-0.2, 0) is 12.8 Å². The van der Waals surface area contributed by atoms with Crippen LogP contribution in [0.5, 0.6) is 0 Å². The van der Waals surface area contributed by atoms with E-state index < -0.39 is 11.6 Å². The van der Waals surface area contributed by atoms with Crippen molar-refractivity contribution < 1.29 is 8.78 Å². The van der Waals surface area contributed by atoms with E-state index in [2.05, 4.69) is 20.9 Å². The molecule has 0 aliphatic heterocycles. The summed E-state index contributed by atoms with van der Waals surface area (Å²) in [7, 11) is 4.07. The fourth-order valence-electron chi connectivity index (χ4n) is 4.51. The number of aromatic nitrogens is 2. The molecule has 9 heteroatoms. The van der Waals surface area contributed by atoms with Crippen LogP contribution in [0.4, 0.5) is 26.2 Å². The van der Waals surface area contributed by atoms with Gasteiger partial charge in [-0.25, -0.2) is 13.8 Å². The van der Waals surface area contributed by atoms with Crippen LogP contribution in [-0.4, -0.2) is 41.3 Å². The zero-order valence-corrected chi connectivity index (χ0v) is 19.4. The van der Waals surface area contributed by atoms with Gasteiger partial charge in [0.1, 0.15) is 17.5 Å². The van der Waals surface area contributed by atoms with Gasteiger partial charge in [0, 0.05) is 37.8 Å². The number of benzene rings is 1. The topological polar surface area (TPSA) is 65.1 Å². The van der Waals surface area contributed by atoms with E-state index in [0.29, 0.717) is 11.2 Å². The second-order valence-corrected chi connectivity index (χ2v) is 9.22. The summed E-state index contributed by atoms with van der Waals surface area (Å²) in [5.41, 5.74) is 2.64. The number of aryl methyl sites for hydroxylation is 1. The van der Waals surface area contributed by atoms with Gasteiger partial charge in [0.05, 0.1) is 11.4 Å². The van der Waals surface area contributed by atoms with E-state index in [-0.39, 0.29) is 11.7 Å². The van der Waals surface area contributed by atoms with Crippen molar-refractivity contribution in [2.75, 3.05) is 29.6 Å². The third kappa shape index (κ3) is 5.43. The molecule has 0 atom stereocenters. The van der Waals surface area contributed by atoms with E-state index in [0.717, 1.165) is 56.4 Å². The summed E-state index contributed by atoms with van der Waals surface area (Å²) in [6.45, 7) is 0. The van der Waals surface area contributed by atoms with Crippen molar-refractivity contribution in [1.29, 1.82) is 0 Å². The summed E-state index contributed by atoms with van der Waals surface area (Å²) in [6, 6.07) is 3.90. The number of nitrogens with zero attached hydrogens (tertiary/aromatic N) is 3. The Morgan fingerprint density at radius 1 is 1.03 bits per heavy atom. The zero-order chi connectivity index (χ0) is 22.7. The summed E-state index contributed by atoms with van der Waals surface area (Å²) >= 11 is 5.32. The van der Waals surface area contributed by atoms with Gasteiger partial charge >= 0.3 is 0 Å². The molecule has 2 aliphatic rings. The highest BCUT2D eigenvalue weighted by Gasteiger charge is 2.24. The first-order valence-electron chi connectivity index (χ1n) is 11.3. The molecule has 1 fully saturated rings. The maximum Gasteiger partial charge on any atom is 0.225 e. The minimum Gasteiger partial charge on any atom is -0.362 e. The Morgan fingerprint density at radius 2 is 1.75 bits per heavy atom. The number of nitrogens with one attached hydrogen (secondary N) is 3. The van der Waals surface area contributed by atoms with Crippen LogP contribution in [0.25, 0.3) is 0 Å². The van der Waals surface area contributed by atoms with E-state index in [1.165, 1.54) is 36.2 Å². The Hall–Kier alpha value is -2.55. The van der Waals surface area contributed by atoms with Crippen molar-refractivity contribution in [2.45, 2.75) is 63.5 Å². The lowest BCUT2D eigenvalue weighted by Crippen LogP contribution is -2.42. The molecule has 0 spiro atoms. The number of halogens is 2. The van der Waals surface area contributed by atoms with Crippen LogP contribution in [0.1, 0.15) is 49.8 Å². The molecule has 0 saturated heterocycles. The number of hydrogen-bond donors (Lipinski definition) is 3. The zero-order valence-electron chi connectivity index (χ0n) is 18.5. The minimum absolute atomic E-state index is 0.167. The molecule has 1 heterocycles. The number of fused-ring (bicyclic) bond motifs is 1. The van der Waals surface area contributed by atoms with E-state index in [9.17, 15) is 8.78 Å². The summed E-state index contributed by atoms with van der Waals surface area (Å²) in [6.07, 6.45) is 8.23. The standard InChI is InChI=1S/C23H30F2N6S/c1-31(2)21-17-5-3-4-6-19(17)28-22(30-21)26-15-8-10-16(11-9-15)27-23(32)29-20-12-7-14(24)13-18(20)25/h7,12-13,15-16H,3-6,8-11H2,1-2H3,(H,26,28,30)(H2,27,29,32)/t15-,16+. The summed E-state index contributed by atoms with van der Waals surface area (Å²) < 4.78 is 26.9. The Balaban J connectivity index is 1.30. The van der Waals surface area contributed by atoms with Crippen LogP contribution >= 0.6 is 12.2 Å². The molecule has 0 amide bonds. The minimum atomic E-state index is -0.663. The molecule has 4 rings (SSSR count). The summed E-state index contributed by atoms with van der Waals surface area (Å²) in [5, 5.41) is 9.96. The van der Waals surface area contributed by atoms with E-state index in [1.54, 1.807) is 0 Å². The maximum absolute atomic E-state index is 13.8. The predicted molar refractivity (Wildman–Crippen MR) is 128 cm³/mol. The highest BCUT2D eigenvalue weighted by Crippen LogP contribution is 2.29. The predicted octanol–water partition coefficient (Wildman–Crippen LogP) is 4.41. The van der Waals surface area contributed by atoms with Crippen molar-refractivity contribution >= 4 is 34.8 Å². The Kier molecular flexibility index (Phi) is 7.03. The van der Waals surface area contributed by atoms with Gasteiger partial charge in [-0.1, -0.05) is 0 Å². The van der Waals surface area contributed by atoms with Gasteiger partial charge in [-0.3, -0.25) is 0 Å². The SMILES string of the molecule is CN(C)c1nc(N[C@H]2CC[C@@H](NC(=S)Nc3ccc(F)cc3F)CC2)nc2c1CCCC2. The molecule has 1 saturated carbocycles. The van der Waals surface area contributed by atoms with Crippen LogP contribution in [0, 0.1) is 11.6 Å². The fraction of sp³-hybridized carbons (Fsp3) is 0.522. The molecule has 2 aromatic rings. The van der Waals surface area contributed by atoms with Gasteiger partial charge in [-0.15, -0.1) is 0 Å². The lowest BCUT2D eigenvalue weighted by molar-refractivity contribution is 0.387. The molecule has 3 N–H and O–H groups in total. The highest BCUT2D eigenvalue weighted by atomic mass is 32.1. The van der Waals surface area contributed by atoms with E-state index in [4.69, 9.17) is 22.2 Å². The molecular formula is C23H30F2N6S. The monoisotopic (exact) mass is 460 g/mol. The molecule has 172 valence electrons. The molecule has 0 unspecified atom stereocenters. The molecule has 2 aliphatic carbocycles. The Bertz CT molecular complexity index is 975. The quantitative estimate of drug-likeness (QED) is 0.571. The first kappa shape index (κ1) is 22.6. The van der Waals surface area contributed by atoms with Crippen molar-refractivity contribution in [1.82, 2.24) is 15.3 Å². The molecule has 6 nitrogen and oxygen atoms in total. The number of rotatable bonds is 5. The highest BCUT2D eigenvalue weighted by molar-refractivity contribution is 7.80.